The molecule has 94 valence electrons. The molecule has 1 atom stereocenters. The first-order valence-corrected chi connectivity index (χ1v) is 7.45. The highest BCUT2D eigenvalue weighted by Gasteiger charge is 2.23. The predicted octanol–water partition coefficient (Wildman–Crippen LogP) is 4.62. The molecule has 1 nitrogen and oxygen atoms in total. The largest absolute Gasteiger partial charge is 0.192 e. The van der Waals surface area contributed by atoms with Gasteiger partial charge in [-0.1, -0.05) is 37.3 Å². The molecule has 1 heterocycles. The molecule has 0 aromatic heterocycles. The lowest BCUT2D eigenvalue weighted by molar-refractivity contribution is 0.884. The standard InChI is InChI=1S/C17H15NS/c1-11-5-3-8-15-12(2)14-7-4-6-13(9-18)16(14)10-19-17(11)15/h3-8,12H,10H2,1-2H3. The number of hydrogen-bond donors (Lipinski definition) is 0. The van der Waals surface area contributed by atoms with E-state index in [-0.39, 0.29) is 0 Å². The number of fused-ring (bicyclic) bond motifs is 2. The smallest absolute Gasteiger partial charge is 0.0994 e. The van der Waals surface area contributed by atoms with E-state index >= 15 is 0 Å². The van der Waals surface area contributed by atoms with E-state index in [4.69, 9.17) is 0 Å². The van der Waals surface area contributed by atoms with Gasteiger partial charge in [-0.2, -0.15) is 5.26 Å². The summed E-state index contributed by atoms with van der Waals surface area (Å²) in [6, 6.07) is 14.9. The van der Waals surface area contributed by atoms with Gasteiger partial charge in [0.15, 0.2) is 0 Å². The molecular weight excluding hydrogens is 250 g/mol. The summed E-state index contributed by atoms with van der Waals surface area (Å²) < 4.78 is 0. The van der Waals surface area contributed by atoms with Gasteiger partial charge in [-0.15, -0.1) is 11.8 Å². The molecule has 1 aliphatic rings. The Morgan fingerprint density at radius 1 is 1.16 bits per heavy atom. The Morgan fingerprint density at radius 3 is 2.68 bits per heavy atom. The van der Waals surface area contributed by atoms with Crippen LogP contribution >= 0.6 is 11.8 Å². The second-order valence-corrected chi connectivity index (χ2v) is 5.97. The predicted molar refractivity (Wildman–Crippen MR) is 79.4 cm³/mol. The zero-order valence-electron chi connectivity index (χ0n) is 11.1. The van der Waals surface area contributed by atoms with Crippen LogP contribution in [0.25, 0.3) is 0 Å². The zero-order valence-corrected chi connectivity index (χ0v) is 11.9. The van der Waals surface area contributed by atoms with Crippen LogP contribution in [0.15, 0.2) is 41.3 Å². The first-order chi connectivity index (χ1) is 9.22. The monoisotopic (exact) mass is 265 g/mol. The van der Waals surface area contributed by atoms with Crippen molar-refractivity contribution in [2.45, 2.75) is 30.4 Å². The van der Waals surface area contributed by atoms with Gasteiger partial charge in [0.05, 0.1) is 11.6 Å². The summed E-state index contributed by atoms with van der Waals surface area (Å²) in [6.45, 7) is 4.41. The van der Waals surface area contributed by atoms with Gasteiger partial charge in [-0.25, -0.2) is 0 Å². The Hall–Kier alpha value is -1.72. The van der Waals surface area contributed by atoms with E-state index in [9.17, 15) is 5.26 Å². The highest BCUT2D eigenvalue weighted by Crippen LogP contribution is 2.42. The van der Waals surface area contributed by atoms with Gasteiger partial charge < -0.3 is 0 Å². The second-order valence-electron chi connectivity index (χ2n) is 4.99. The van der Waals surface area contributed by atoms with Gasteiger partial charge in [0.25, 0.3) is 0 Å². The van der Waals surface area contributed by atoms with Crippen molar-refractivity contribution < 1.29 is 0 Å². The van der Waals surface area contributed by atoms with Crippen molar-refractivity contribution in [3.63, 3.8) is 0 Å². The number of hydrogen-bond acceptors (Lipinski definition) is 2. The molecule has 2 aromatic carbocycles. The molecule has 0 amide bonds. The van der Waals surface area contributed by atoms with E-state index in [0.717, 1.165) is 11.3 Å². The SMILES string of the molecule is Cc1cccc2c1SCc1c(C#N)cccc1C2C. The van der Waals surface area contributed by atoms with Gasteiger partial charge in [0, 0.05) is 16.6 Å². The van der Waals surface area contributed by atoms with Gasteiger partial charge in [0.2, 0.25) is 0 Å². The van der Waals surface area contributed by atoms with Crippen LogP contribution in [0.1, 0.15) is 40.7 Å². The molecule has 0 spiro atoms. The fraction of sp³-hybridized carbons (Fsp3) is 0.235. The molecule has 1 aliphatic heterocycles. The van der Waals surface area contributed by atoms with Crippen molar-refractivity contribution in [1.29, 1.82) is 5.26 Å². The van der Waals surface area contributed by atoms with E-state index < -0.39 is 0 Å². The van der Waals surface area contributed by atoms with Crippen LogP contribution in [0.2, 0.25) is 0 Å². The second kappa shape index (κ2) is 4.75. The summed E-state index contributed by atoms with van der Waals surface area (Å²) in [7, 11) is 0. The number of nitriles is 1. The Balaban J connectivity index is 2.23. The first kappa shape index (κ1) is 12.3. The van der Waals surface area contributed by atoms with Crippen LogP contribution in [0, 0.1) is 18.3 Å². The highest BCUT2D eigenvalue weighted by molar-refractivity contribution is 7.98. The van der Waals surface area contributed by atoms with Gasteiger partial charge in [-0.05, 0) is 35.2 Å². The minimum atomic E-state index is 0.355. The summed E-state index contributed by atoms with van der Waals surface area (Å²) in [4.78, 5) is 1.38. The number of aryl methyl sites for hydroxylation is 1. The minimum absolute atomic E-state index is 0.355. The Labute approximate surface area is 118 Å². The fourth-order valence-electron chi connectivity index (χ4n) is 2.80. The summed E-state index contributed by atoms with van der Waals surface area (Å²) in [6.07, 6.45) is 0. The molecule has 0 fully saturated rings. The average Bonchev–Trinajstić information content (AvgIpc) is 2.58. The summed E-state index contributed by atoms with van der Waals surface area (Å²) >= 11 is 1.86. The quantitative estimate of drug-likeness (QED) is 0.693. The van der Waals surface area contributed by atoms with Crippen LogP contribution in [-0.2, 0) is 5.75 Å². The zero-order chi connectivity index (χ0) is 13.4. The summed E-state index contributed by atoms with van der Waals surface area (Å²) in [5.74, 6) is 1.24. The van der Waals surface area contributed by atoms with E-state index in [1.54, 1.807) is 0 Å². The lowest BCUT2D eigenvalue weighted by Crippen LogP contribution is -2.01. The van der Waals surface area contributed by atoms with Crippen molar-refractivity contribution in [2.75, 3.05) is 0 Å². The third-order valence-corrected chi connectivity index (χ3v) is 5.15. The third kappa shape index (κ3) is 1.95. The van der Waals surface area contributed by atoms with Crippen LogP contribution < -0.4 is 0 Å². The van der Waals surface area contributed by atoms with Crippen LogP contribution in [0.4, 0.5) is 0 Å². The summed E-state index contributed by atoms with van der Waals surface area (Å²) in [5.41, 5.74) is 6.05. The molecule has 0 saturated carbocycles. The molecular formula is C17H15NS. The van der Waals surface area contributed by atoms with E-state index in [2.05, 4.69) is 44.2 Å². The molecule has 0 saturated heterocycles. The fourth-order valence-corrected chi connectivity index (χ4v) is 4.12. The summed E-state index contributed by atoms with van der Waals surface area (Å²) in [5, 5.41) is 9.28. The molecule has 0 N–H and O–H groups in total. The van der Waals surface area contributed by atoms with Crippen molar-refractivity contribution in [3.8, 4) is 6.07 Å². The Kier molecular flexibility index (Phi) is 3.08. The van der Waals surface area contributed by atoms with E-state index in [1.165, 1.54) is 27.1 Å². The van der Waals surface area contributed by atoms with Crippen molar-refractivity contribution in [3.05, 3.63) is 64.2 Å². The molecule has 0 bridgehead atoms. The third-order valence-electron chi connectivity index (χ3n) is 3.87. The molecule has 1 unspecified atom stereocenters. The molecule has 19 heavy (non-hydrogen) atoms. The average molecular weight is 265 g/mol. The topological polar surface area (TPSA) is 23.8 Å². The maximum atomic E-state index is 9.28. The molecule has 2 heteroatoms. The minimum Gasteiger partial charge on any atom is -0.192 e. The Morgan fingerprint density at radius 2 is 1.89 bits per heavy atom. The lowest BCUT2D eigenvalue weighted by Gasteiger charge is -2.16. The van der Waals surface area contributed by atoms with Crippen LogP contribution in [-0.4, -0.2) is 0 Å². The molecule has 0 radical (unpaired) electrons. The van der Waals surface area contributed by atoms with Crippen molar-refractivity contribution in [2.24, 2.45) is 0 Å². The number of thioether (sulfide) groups is 1. The molecule has 3 rings (SSSR count). The van der Waals surface area contributed by atoms with E-state index in [0.29, 0.717) is 5.92 Å². The first-order valence-electron chi connectivity index (χ1n) is 6.46. The lowest BCUT2D eigenvalue weighted by atomic mass is 9.88. The van der Waals surface area contributed by atoms with Crippen molar-refractivity contribution in [1.82, 2.24) is 0 Å². The highest BCUT2D eigenvalue weighted by atomic mass is 32.2. The van der Waals surface area contributed by atoms with Gasteiger partial charge >= 0.3 is 0 Å². The maximum Gasteiger partial charge on any atom is 0.0994 e. The molecule has 2 aromatic rings. The van der Waals surface area contributed by atoms with Gasteiger partial charge in [0.1, 0.15) is 0 Å². The van der Waals surface area contributed by atoms with Crippen LogP contribution in [0.3, 0.4) is 0 Å². The van der Waals surface area contributed by atoms with Crippen molar-refractivity contribution >= 4 is 11.8 Å². The normalized spacial score (nSPS) is 17.0. The number of nitrogens with zero attached hydrogens (tertiary/aromatic N) is 1. The van der Waals surface area contributed by atoms with Crippen LogP contribution in [0.5, 0.6) is 0 Å². The molecule has 0 aliphatic carbocycles. The Bertz CT molecular complexity index is 682. The van der Waals surface area contributed by atoms with E-state index in [1.807, 2.05) is 23.9 Å². The number of rotatable bonds is 0. The maximum absolute atomic E-state index is 9.28. The van der Waals surface area contributed by atoms with Gasteiger partial charge in [-0.3, -0.25) is 0 Å². The number of benzene rings is 2.